The maximum atomic E-state index is 12.5. The fourth-order valence-corrected chi connectivity index (χ4v) is 3.88. The molecule has 0 aromatic heterocycles. The first kappa shape index (κ1) is 18.1. The molecule has 0 spiro atoms. The third-order valence-electron chi connectivity index (χ3n) is 3.86. The van der Waals surface area contributed by atoms with Crippen LogP contribution in [0.4, 0.5) is 10.5 Å². The van der Waals surface area contributed by atoms with Crippen LogP contribution in [0.3, 0.4) is 0 Å². The highest BCUT2D eigenvalue weighted by molar-refractivity contribution is 8.00. The number of carbonyl (C=O) groups is 1. The Bertz CT molecular complexity index is 544. The second-order valence-corrected chi connectivity index (χ2v) is 9.57. The molecule has 4 nitrogen and oxygen atoms in total. The van der Waals surface area contributed by atoms with Crippen molar-refractivity contribution < 1.29 is 9.90 Å². The summed E-state index contributed by atoms with van der Waals surface area (Å²) in [6.07, 6.45) is 1.78. The van der Waals surface area contributed by atoms with Crippen LogP contribution in [0, 0.1) is 0 Å². The molecule has 0 bridgehead atoms. The summed E-state index contributed by atoms with van der Waals surface area (Å²) in [6, 6.07) is 7.66. The van der Waals surface area contributed by atoms with Crippen LogP contribution in [0.5, 0.6) is 0 Å². The third kappa shape index (κ3) is 5.15. The van der Waals surface area contributed by atoms with Crippen LogP contribution in [0.25, 0.3) is 0 Å². The predicted molar refractivity (Wildman–Crippen MR) is 97.1 cm³/mol. The number of rotatable bonds is 3. The molecule has 0 saturated carbocycles. The largest absolute Gasteiger partial charge is 0.388 e. The number of benzene rings is 1. The Morgan fingerprint density at radius 2 is 1.83 bits per heavy atom. The molecule has 128 valence electrons. The number of anilines is 1. The van der Waals surface area contributed by atoms with E-state index >= 15 is 0 Å². The number of amides is 2. The first-order valence-corrected chi connectivity index (χ1v) is 8.97. The molecule has 2 N–H and O–H groups in total. The Hall–Kier alpha value is -1.20. The zero-order chi connectivity index (χ0) is 17.3. The van der Waals surface area contributed by atoms with E-state index in [1.807, 2.05) is 24.3 Å². The van der Waals surface area contributed by atoms with Gasteiger partial charge in [-0.05, 0) is 51.0 Å². The molecule has 1 aromatic carbocycles. The average molecular weight is 337 g/mol. The van der Waals surface area contributed by atoms with Gasteiger partial charge in [0.1, 0.15) is 0 Å². The van der Waals surface area contributed by atoms with Crippen molar-refractivity contribution in [2.45, 2.75) is 68.7 Å². The molecule has 2 rings (SSSR count). The van der Waals surface area contributed by atoms with Gasteiger partial charge in [0, 0.05) is 21.9 Å². The van der Waals surface area contributed by atoms with Crippen LogP contribution in [-0.2, 0) is 0 Å². The summed E-state index contributed by atoms with van der Waals surface area (Å²) in [6.45, 7) is 10.8. The van der Waals surface area contributed by atoms with Crippen LogP contribution in [-0.4, -0.2) is 39.0 Å². The van der Waals surface area contributed by atoms with Crippen LogP contribution in [0.2, 0.25) is 0 Å². The number of nitrogens with zero attached hydrogens (tertiary/aromatic N) is 1. The number of aliphatic hydroxyl groups is 1. The number of hydrogen-bond donors (Lipinski definition) is 2. The van der Waals surface area contributed by atoms with Crippen molar-refractivity contribution in [3.63, 3.8) is 0 Å². The van der Waals surface area contributed by atoms with Gasteiger partial charge in [-0.15, -0.1) is 11.8 Å². The molecule has 1 atom stereocenters. The van der Waals surface area contributed by atoms with Gasteiger partial charge in [0.2, 0.25) is 0 Å². The maximum Gasteiger partial charge on any atom is 0.322 e. The number of likely N-dealkylation sites (tertiary alicyclic amines) is 1. The van der Waals surface area contributed by atoms with Crippen molar-refractivity contribution in [3.8, 4) is 0 Å². The maximum absolute atomic E-state index is 12.5. The van der Waals surface area contributed by atoms with Gasteiger partial charge < -0.3 is 15.3 Å². The van der Waals surface area contributed by atoms with Gasteiger partial charge in [-0.25, -0.2) is 4.79 Å². The van der Waals surface area contributed by atoms with Crippen LogP contribution >= 0.6 is 11.8 Å². The predicted octanol–water partition coefficient (Wildman–Crippen LogP) is 4.34. The molecule has 0 radical (unpaired) electrons. The van der Waals surface area contributed by atoms with Crippen LogP contribution in [0.15, 0.2) is 29.2 Å². The first-order valence-electron chi connectivity index (χ1n) is 8.15. The third-order valence-corrected chi connectivity index (χ3v) is 4.98. The summed E-state index contributed by atoms with van der Waals surface area (Å²) in [5.41, 5.74) is -0.0872. The molecule has 1 aromatic rings. The Labute approximate surface area is 143 Å². The summed E-state index contributed by atoms with van der Waals surface area (Å²) in [5, 5.41) is 13.2. The second-order valence-electron chi connectivity index (χ2n) is 7.67. The average Bonchev–Trinajstić information content (AvgIpc) is 2.88. The van der Waals surface area contributed by atoms with Crippen molar-refractivity contribution in [1.82, 2.24) is 4.90 Å². The van der Waals surface area contributed by atoms with Gasteiger partial charge in [-0.3, -0.25) is 0 Å². The lowest BCUT2D eigenvalue weighted by molar-refractivity contribution is 0.0117. The molecule has 5 heteroatoms. The minimum Gasteiger partial charge on any atom is -0.388 e. The molecule has 1 heterocycles. The fraction of sp³-hybridized carbons (Fsp3) is 0.611. The molecular formula is C18H28N2O2S. The SMILES string of the molecule is CC(C)(C)Sc1ccc(NC(=O)N2CCCC2C(C)(C)O)cc1. The number of urea groups is 1. The molecule has 1 unspecified atom stereocenters. The smallest absolute Gasteiger partial charge is 0.322 e. The summed E-state index contributed by atoms with van der Waals surface area (Å²) < 4.78 is 0.167. The zero-order valence-electron chi connectivity index (χ0n) is 14.7. The van der Waals surface area contributed by atoms with Crippen molar-refractivity contribution in [2.75, 3.05) is 11.9 Å². The molecular weight excluding hydrogens is 308 g/mol. The van der Waals surface area contributed by atoms with Gasteiger partial charge in [-0.1, -0.05) is 20.8 Å². The van der Waals surface area contributed by atoms with Crippen LogP contribution in [0.1, 0.15) is 47.5 Å². The van der Waals surface area contributed by atoms with E-state index in [1.54, 1.807) is 30.5 Å². The number of nitrogens with one attached hydrogen (secondary N) is 1. The molecule has 23 heavy (non-hydrogen) atoms. The molecule has 0 aliphatic carbocycles. The highest BCUT2D eigenvalue weighted by Crippen LogP contribution is 2.32. The first-order chi connectivity index (χ1) is 10.6. The van der Waals surface area contributed by atoms with Crippen molar-refractivity contribution in [1.29, 1.82) is 0 Å². The van der Waals surface area contributed by atoms with E-state index in [-0.39, 0.29) is 16.8 Å². The lowest BCUT2D eigenvalue weighted by Crippen LogP contribution is -2.49. The van der Waals surface area contributed by atoms with Gasteiger partial charge in [0.15, 0.2) is 0 Å². The zero-order valence-corrected chi connectivity index (χ0v) is 15.5. The monoisotopic (exact) mass is 336 g/mol. The van der Waals surface area contributed by atoms with Crippen molar-refractivity contribution >= 4 is 23.5 Å². The Morgan fingerprint density at radius 3 is 2.35 bits per heavy atom. The quantitative estimate of drug-likeness (QED) is 0.807. The minimum absolute atomic E-state index is 0.127. The van der Waals surface area contributed by atoms with E-state index in [2.05, 4.69) is 26.1 Å². The molecule has 2 amide bonds. The second kappa shape index (κ2) is 6.73. The summed E-state index contributed by atoms with van der Waals surface area (Å²) in [7, 11) is 0. The van der Waals surface area contributed by atoms with Gasteiger partial charge in [-0.2, -0.15) is 0 Å². The fourth-order valence-electron chi connectivity index (χ4n) is 2.90. The molecule has 1 aliphatic rings. The highest BCUT2D eigenvalue weighted by Gasteiger charge is 2.38. The normalized spacial score (nSPS) is 19.0. The lowest BCUT2D eigenvalue weighted by Gasteiger charge is -2.33. The van der Waals surface area contributed by atoms with Crippen LogP contribution < -0.4 is 5.32 Å². The molecule has 1 fully saturated rings. The summed E-state index contributed by atoms with van der Waals surface area (Å²) >= 11 is 1.80. The van der Waals surface area contributed by atoms with E-state index < -0.39 is 5.60 Å². The molecule has 1 saturated heterocycles. The summed E-state index contributed by atoms with van der Waals surface area (Å²) in [5.74, 6) is 0. The Kier molecular flexibility index (Phi) is 5.31. The van der Waals surface area contributed by atoms with Gasteiger partial charge >= 0.3 is 6.03 Å². The number of thioether (sulfide) groups is 1. The topological polar surface area (TPSA) is 52.6 Å². The van der Waals surface area contributed by atoms with E-state index in [4.69, 9.17) is 0 Å². The van der Waals surface area contributed by atoms with Gasteiger partial charge in [0.05, 0.1) is 11.6 Å². The van der Waals surface area contributed by atoms with E-state index in [0.717, 1.165) is 18.5 Å². The Balaban J connectivity index is 2.00. The Morgan fingerprint density at radius 1 is 1.22 bits per heavy atom. The van der Waals surface area contributed by atoms with Crippen molar-refractivity contribution in [2.24, 2.45) is 0 Å². The standard InChI is InChI=1S/C18H28N2O2S/c1-17(2,3)23-14-10-8-13(9-11-14)19-16(21)20-12-6-7-15(20)18(4,5)22/h8-11,15,22H,6-7,12H2,1-5H3,(H,19,21). The highest BCUT2D eigenvalue weighted by atomic mass is 32.2. The van der Waals surface area contributed by atoms with Gasteiger partial charge in [0.25, 0.3) is 0 Å². The van der Waals surface area contributed by atoms with Crippen molar-refractivity contribution in [3.05, 3.63) is 24.3 Å². The number of hydrogen-bond acceptors (Lipinski definition) is 3. The lowest BCUT2D eigenvalue weighted by atomic mass is 9.97. The van der Waals surface area contributed by atoms with E-state index in [9.17, 15) is 9.90 Å². The van der Waals surface area contributed by atoms with E-state index in [0.29, 0.717) is 6.54 Å². The van der Waals surface area contributed by atoms with E-state index in [1.165, 1.54) is 4.90 Å². The summed E-state index contributed by atoms with van der Waals surface area (Å²) in [4.78, 5) is 15.4. The minimum atomic E-state index is -0.874. The number of carbonyl (C=O) groups excluding carboxylic acids is 1. The molecule has 1 aliphatic heterocycles.